The summed E-state index contributed by atoms with van der Waals surface area (Å²) >= 11 is 0. The van der Waals surface area contributed by atoms with Crippen LogP contribution < -0.4 is 10.6 Å². The molecule has 2 aromatic heterocycles. The number of aromatic amines is 2. The Morgan fingerprint density at radius 1 is 1.03 bits per heavy atom. The summed E-state index contributed by atoms with van der Waals surface area (Å²) in [6.45, 7) is 7.62. The van der Waals surface area contributed by atoms with Crippen LogP contribution in [0, 0.1) is 17.9 Å². The van der Waals surface area contributed by atoms with Crippen molar-refractivity contribution in [3.63, 3.8) is 0 Å². The molecule has 4 N–H and O–H groups in total. The molecule has 0 fully saturated rings. The van der Waals surface area contributed by atoms with Crippen molar-refractivity contribution in [1.29, 1.82) is 5.26 Å². The zero-order chi connectivity index (χ0) is 22.8. The highest BCUT2D eigenvalue weighted by atomic mass is 16.2. The van der Waals surface area contributed by atoms with E-state index in [9.17, 15) is 14.9 Å². The number of H-pyrrole nitrogens is 2. The van der Waals surface area contributed by atoms with Gasteiger partial charge in [0.05, 0.1) is 37.3 Å². The summed E-state index contributed by atoms with van der Waals surface area (Å²) in [5, 5.41) is 14.6. The number of nitrogens with one attached hydrogen (secondary N) is 4. The van der Waals surface area contributed by atoms with Crippen molar-refractivity contribution in [3.05, 3.63) is 94.5 Å². The average Bonchev–Trinajstić information content (AvgIpc) is 3.52. The van der Waals surface area contributed by atoms with Crippen LogP contribution in [0.5, 0.6) is 0 Å². The Bertz CT molecular complexity index is 1130. The molecule has 0 aliphatic heterocycles. The van der Waals surface area contributed by atoms with E-state index in [1.165, 1.54) is 37.2 Å². The molecule has 0 spiro atoms. The molecular weight excluding hydrogens is 408 g/mol. The van der Waals surface area contributed by atoms with E-state index in [2.05, 4.69) is 35.4 Å². The van der Waals surface area contributed by atoms with Crippen molar-refractivity contribution >= 4 is 24.0 Å². The molecule has 0 aliphatic rings. The number of nitrogens with zero attached hydrogens (tertiary/aromatic N) is 4. The zero-order valence-corrected chi connectivity index (χ0v) is 16.8. The van der Waals surface area contributed by atoms with Gasteiger partial charge in [0, 0.05) is 18.8 Å². The molecule has 0 atom stereocenters. The molecule has 0 bridgehead atoms. The molecule has 1 aromatic carbocycles. The average molecular weight is 426 g/mol. The number of benzene rings is 1. The van der Waals surface area contributed by atoms with Crippen LogP contribution in [0.1, 0.15) is 22.5 Å². The van der Waals surface area contributed by atoms with E-state index in [4.69, 9.17) is 6.57 Å². The van der Waals surface area contributed by atoms with Gasteiger partial charge in [0.2, 0.25) is 0 Å². The van der Waals surface area contributed by atoms with Gasteiger partial charge >= 0.3 is 0 Å². The summed E-state index contributed by atoms with van der Waals surface area (Å²) in [7, 11) is 0. The van der Waals surface area contributed by atoms with E-state index in [1.54, 1.807) is 6.07 Å². The van der Waals surface area contributed by atoms with Crippen molar-refractivity contribution in [2.75, 3.05) is 0 Å². The largest absolute Gasteiger partial charge is 0.357 e. The molecule has 158 valence electrons. The van der Waals surface area contributed by atoms with Crippen LogP contribution in [0.15, 0.2) is 60.6 Å². The van der Waals surface area contributed by atoms with Crippen LogP contribution in [0.4, 0.5) is 0 Å². The predicted molar refractivity (Wildman–Crippen MR) is 115 cm³/mol. The van der Waals surface area contributed by atoms with Gasteiger partial charge in [0.25, 0.3) is 17.5 Å². The van der Waals surface area contributed by atoms with Crippen LogP contribution >= 0.6 is 0 Å². The molecule has 0 saturated carbocycles. The van der Waals surface area contributed by atoms with Crippen LogP contribution in [-0.4, -0.2) is 31.8 Å². The normalized spacial score (nSPS) is 11.3. The molecule has 0 saturated heterocycles. The van der Waals surface area contributed by atoms with E-state index in [-0.39, 0.29) is 24.4 Å². The lowest BCUT2D eigenvalue weighted by molar-refractivity contribution is -0.118. The van der Waals surface area contributed by atoms with Gasteiger partial charge in [0.15, 0.2) is 0 Å². The second-order valence-corrected chi connectivity index (χ2v) is 6.51. The minimum absolute atomic E-state index is 0.0478. The molecule has 3 aromatic rings. The number of aromatic nitrogens is 4. The maximum atomic E-state index is 12.3. The third-order valence-corrected chi connectivity index (χ3v) is 4.25. The molecule has 0 unspecified atom stereocenters. The monoisotopic (exact) mass is 426 g/mol. The summed E-state index contributed by atoms with van der Waals surface area (Å²) in [6.07, 6.45) is 8.77. The van der Waals surface area contributed by atoms with Crippen molar-refractivity contribution in [1.82, 2.24) is 30.6 Å². The Morgan fingerprint density at radius 2 is 1.62 bits per heavy atom. The van der Waals surface area contributed by atoms with Crippen LogP contribution in [0.25, 0.3) is 17.0 Å². The van der Waals surface area contributed by atoms with E-state index in [0.29, 0.717) is 11.4 Å². The molecule has 3 rings (SSSR count). The summed E-state index contributed by atoms with van der Waals surface area (Å²) in [4.78, 5) is 41.1. The molecule has 2 heterocycles. The summed E-state index contributed by atoms with van der Waals surface area (Å²) in [6, 6.07) is 9.13. The predicted octanol–water partition coefficient (Wildman–Crippen LogP) is 1.93. The molecule has 32 heavy (non-hydrogen) atoms. The molecule has 10 heteroatoms. The van der Waals surface area contributed by atoms with E-state index >= 15 is 0 Å². The molecular formula is C22H18N8O2. The van der Waals surface area contributed by atoms with E-state index < -0.39 is 11.8 Å². The lowest BCUT2D eigenvalue weighted by Gasteiger charge is -2.08. The van der Waals surface area contributed by atoms with Gasteiger partial charge in [-0.05, 0) is 23.3 Å². The van der Waals surface area contributed by atoms with Gasteiger partial charge in [-0.3, -0.25) is 9.59 Å². The van der Waals surface area contributed by atoms with E-state index in [1.807, 2.05) is 24.3 Å². The number of rotatable bonds is 8. The van der Waals surface area contributed by atoms with Crippen molar-refractivity contribution in [3.8, 4) is 6.07 Å². The second kappa shape index (κ2) is 10.7. The first kappa shape index (κ1) is 21.7. The SMILES string of the molecule is [C-]#[N+]C(=Cc1cnc[nH]1)C(=O)NCc1cccc(CNC(=O)C(C#N)=Cc2cnc[nH]2)c1. The number of nitriles is 1. The summed E-state index contributed by atoms with van der Waals surface area (Å²) in [5.41, 5.74) is 2.59. The lowest BCUT2D eigenvalue weighted by Crippen LogP contribution is -2.25. The first-order chi connectivity index (χ1) is 15.6. The van der Waals surface area contributed by atoms with Gasteiger partial charge in [-0.2, -0.15) is 5.26 Å². The van der Waals surface area contributed by atoms with Gasteiger partial charge in [-0.1, -0.05) is 24.3 Å². The third kappa shape index (κ3) is 6.02. The smallest absolute Gasteiger partial charge is 0.262 e. The quantitative estimate of drug-likeness (QED) is 0.247. The molecule has 10 nitrogen and oxygen atoms in total. The fourth-order valence-corrected chi connectivity index (χ4v) is 2.69. The standard InChI is InChI=1S/C22H18N8O2/c1-24-20(7-19-12-26-14-30-19)22(32)28-10-16-4-2-3-15(5-16)9-27-21(31)17(8-23)6-18-11-25-13-29-18/h2-7,11-14H,9-10H2,(H,25,29)(H,26,30)(H,27,31)(H,28,32). The fourth-order valence-electron chi connectivity index (χ4n) is 2.69. The Kier molecular flexibility index (Phi) is 7.28. The maximum Gasteiger partial charge on any atom is 0.262 e. The number of carbonyl (C=O) groups is 2. The minimum Gasteiger partial charge on any atom is -0.357 e. The first-order valence-corrected chi connectivity index (χ1v) is 9.41. The number of hydrogen-bond donors (Lipinski definition) is 4. The van der Waals surface area contributed by atoms with Crippen molar-refractivity contribution in [2.24, 2.45) is 0 Å². The lowest BCUT2D eigenvalue weighted by atomic mass is 10.1. The van der Waals surface area contributed by atoms with Gasteiger partial charge in [0.1, 0.15) is 11.6 Å². The highest BCUT2D eigenvalue weighted by molar-refractivity contribution is 6.01. The number of hydrogen-bond acceptors (Lipinski definition) is 5. The summed E-state index contributed by atoms with van der Waals surface area (Å²) < 4.78 is 0. The second-order valence-electron chi connectivity index (χ2n) is 6.51. The Hall–Kier alpha value is -4.96. The maximum absolute atomic E-state index is 12.3. The van der Waals surface area contributed by atoms with Crippen molar-refractivity contribution < 1.29 is 9.59 Å². The summed E-state index contributed by atoms with van der Waals surface area (Å²) in [5.74, 6) is -1.01. The van der Waals surface area contributed by atoms with Crippen molar-refractivity contribution in [2.45, 2.75) is 13.1 Å². The topological polar surface area (TPSA) is 144 Å². The number of amides is 2. The fraction of sp³-hybridized carbons (Fsp3) is 0.0909. The molecule has 0 aliphatic carbocycles. The Labute approximate surface area is 183 Å². The first-order valence-electron chi connectivity index (χ1n) is 9.41. The van der Waals surface area contributed by atoms with Crippen LogP contribution in [-0.2, 0) is 22.7 Å². The Morgan fingerprint density at radius 3 is 2.16 bits per heavy atom. The van der Waals surface area contributed by atoms with Crippen LogP contribution in [0.3, 0.4) is 0 Å². The van der Waals surface area contributed by atoms with E-state index in [0.717, 1.165) is 11.1 Å². The zero-order valence-electron chi connectivity index (χ0n) is 16.8. The number of imidazole rings is 2. The Balaban J connectivity index is 1.57. The number of carbonyl (C=O) groups excluding carboxylic acids is 2. The highest BCUT2D eigenvalue weighted by Crippen LogP contribution is 2.09. The van der Waals surface area contributed by atoms with Crippen LogP contribution in [0.2, 0.25) is 0 Å². The van der Waals surface area contributed by atoms with Gasteiger partial charge in [-0.25, -0.2) is 14.8 Å². The van der Waals surface area contributed by atoms with Gasteiger partial charge < -0.3 is 20.6 Å². The minimum atomic E-state index is -0.508. The molecule has 0 radical (unpaired) electrons. The molecule has 2 amide bonds. The highest BCUT2D eigenvalue weighted by Gasteiger charge is 2.11. The third-order valence-electron chi connectivity index (χ3n) is 4.25. The van der Waals surface area contributed by atoms with Gasteiger partial charge in [-0.15, -0.1) is 0 Å².